The summed E-state index contributed by atoms with van der Waals surface area (Å²) in [4.78, 5) is 58.4. The lowest BCUT2D eigenvalue weighted by Gasteiger charge is -2.28. The Balaban J connectivity index is 0.00000384. The fourth-order valence-corrected chi connectivity index (χ4v) is 4.95. The number of rotatable bonds is 13. The Labute approximate surface area is 286 Å². The molecule has 4 rings (SSSR count). The monoisotopic (exact) mass is 692 g/mol. The number of hydrogen-bond donors (Lipinski definition) is 3. The lowest BCUT2D eigenvalue weighted by molar-refractivity contribution is -0.151. The van der Waals surface area contributed by atoms with Gasteiger partial charge < -0.3 is 40.0 Å². The number of nitrogens with one attached hydrogen (secondary N) is 2. The summed E-state index contributed by atoms with van der Waals surface area (Å²) in [5.74, 6) is -1.16. The van der Waals surface area contributed by atoms with Crippen molar-refractivity contribution in [3.8, 4) is 5.75 Å². The third-order valence-corrected chi connectivity index (χ3v) is 7.43. The van der Waals surface area contributed by atoms with Crippen LogP contribution in [-0.4, -0.2) is 83.1 Å². The minimum atomic E-state index is -1.23. The summed E-state index contributed by atoms with van der Waals surface area (Å²) in [5, 5.41) is 5.37. The Morgan fingerprint density at radius 3 is 2.34 bits per heavy atom. The number of carbonyl (C=O) groups excluding carboxylic acids is 4. The average Bonchev–Trinajstić information content (AvgIpc) is 3.71. The van der Waals surface area contributed by atoms with Crippen molar-refractivity contribution < 1.29 is 33.4 Å². The zero-order valence-electron chi connectivity index (χ0n) is 26.7. The second-order valence-electron chi connectivity index (χ2n) is 11.3. The number of likely N-dealkylation sites (tertiary alicyclic amines) is 1. The van der Waals surface area contributed by atoms with Crippen LogP contribution in [0.3, 0.4) is 0 Å². The predicted molar refractivity (Wildman–Crippen MR) is 180 cm³/mol. The van der Waals surface area contributed by atoms with Crippen LogP contribution in [-0.2, 0) is 35.3 Å². The van der Waals surface area contributed by atoms with Crippen LogP contribution in [0.2, 0.25) is 0 Å². The van der Waals surface area contributed by atoms with Gasteiger partial charge in [-0.05, 0) is 49.9 Å². The van der Waals surface area contributed by atoms with Crippen LogP contribution in [0.25, 0.3) is 0 Å². The normalized spacial score (nSPS) is 15.3. The standard InChI is InChI=1S/C32H40N6O7.2ClH/c1-32(2,33)31(42)35-24(19-45-18-21-9-6-5-7-10-21)28(39)36-26-17-37(20-34-26)27(22-12-14-23(43-3)15-13-22)29(40)38-16-8-11-25(38)30(41)44-4;;/h5-7,9-10,12-15,17,20,24-25,27H,8,11,16,18-19,33H2,1-4H3,(H,35,42)(H,36,39);2*1H/t24-,25-,27?;;/m1../s1. The van der Waals surface area contributed by atoms with E-state index < -0.39 is 41.4 Å². The number of aromatic nitrogens is 2. The van der Waals surface area contributed by atoms with Gasteiger partial charge in [0.25, 0.3) is 11.8 Å². The van der Waals surface area contributed by atoms with Gasteiger partial charge in [0.05, 0.1) is 39.3 Å². The summed E-state index contributed by atoms with van der Waals surface area (Å²) in [6, 6.07) is 13.7. The number of amides is 3. The molecule has 0 radical (unpaired) electrons. The van der Waals surface area contributed by atoms with Crippen LogP contribution in [0.15, 0.2) is 67.1 Å². The molecule has 1 aromatic heterocycles. The van der Waals surface area contributed by atoms with Crippen molar-refractivity contribution in [2.45, 2.75) is 57.0 Å². The number of ether oxygens (including phenoxy) is 3. The molecule has 1 fully saturated rings. The van der Waals surface area contributed by atoms with E-state index in [1.165, 1.54) is 38.4 Å². The number of imidazole rings is 1. The zero-order chi connectivity index (χ0) is 32.6. The molecule has 13 nitrogen and oxygen atoms in total. The number of benzene rings is 2. The lowest BCUT2D eigenvalue weighted by Crippen LogP contribution is -2.56. The molecule has 47 heavy (non-hydrogen) atoms. The fraction of sp³-hybridized carbons (Fsp3) is 0.406. The number of anilines is 1. The summed E-state index contributed by atoms with van der Waals surface area (Å²) in [6.45, 7) is 3.57. The van der Waals surface area contributed by atoms with Crippen LogP contribution in [0, 0.1) is 0 Å². The van der Waals surface area contributed by atoms with Gasteiger partial charge >= 0.3 is 5.97 Å². The minimum absolute atomic E-state index is 0. The summed E-state index contributed by atoms with van der Waals surface area (Å²) in [6.07, 6.45) is 4.10. The lowest BCUT2D eigenvalue weighted by atomic mass is 10.0. The highest BCUT2D eigenvalue weighted by molar-refractivity contribution is 5.98. The predicted octanol–water partition coefficient (Wildman–Crippen LogP) is 2.87. The quantitative estimate of drug-likeness (QED) is 0.228. The van der Waals surface area contributed by atoms with Crippen molar-refractivity contribution in [2.24, 2.45) is 5.73 Å². The van der Waals surface area contributed by atoms with E-state index in [-0.39, 0.29) is 49.8 Å². The number of hydrogen-bond acceptors (Lipinski definition) is 9. The van der Waals surface area contributed by atoms with Gasteiger partial charge in [-0.25, -0.2) is 9.78 Å². The molecule has 3 aromatic rings. The molecule has 0 spiro atoms. The number of nitrogens with two attached hydrogens (primary N) is 1. The van der Waals surface area contributed by atoms with Crippen LogP contribution in [0.5, 0.6) is 5.75 Å². The van der Waals surface area contributed by atoms with Crippen LogP contribution < -0.4 is 21.1 Å². The highest BCUT2D eigenvalue weighted by Crippen LogP contribution is 2.29. The largest absolute Gasteiger partial charge is 0.497 e. The summed E-state index contributed by atoms with van der Waals surface area (Å²) < 4.78 is 17.5. The van der Waals surface area contributed by atoms with Gasteiger partial charge in [-0.3, -0.25) is 14.4 Å². The van der Waals surface area contributed by atoms with Gasteiger partial charge in [-0.1, -0.05) is 42.5 Å². The van der Waals surface area contributed by atoms with Crippen molar-refractivity contribution >= 4 is 54.3 Å². The number of methoxy groups -OCH3 is 2. The summed E-state index contributed by atoms with van der Waals surface area (Å²) in [5.41, 5.74) is 6.25. The van der Waals surface area contributed by atoms with E-state index in [2.05, 4.69) is 15.6 Å². The van der Waals surface area contributed by atoms with Gasteiger partial charge in [-0.2, -0.15) is 0 Å². The molecule has 15 heteroatoms. The van der Waals surface area contributed by atoms with Gasteiger partial charge in [-0.15, -0.1) is 24.8 Å². The molecule has 256 valence electrons. The van der Waals surface area contributed by atoms with E-state index in [4.69, 9.17) is 19.9 Å². The first kappa shape index (κ1) is 39.0. The molecule has 0 bridgehead atoms. The molecule has 2 heterocycles. The zero-order valence-corrected chi connectivity index (χ0v) is 28.3. The Kier molecular flexibility index (Phi) is 14.7. The molecule has 1 saturated heterocycles. The molecule has 4 N–H and O–H groups in total. The Morgan fingerprint density at radius 2 is 1.72 bits per heavy atom. The van der Waals surface area contributed by atoms with Gasteiger partial charge in [0, 0.05) is 12.7 Å². The first-order chi connectivity index (χ1) is 21.5. The van der Waals surface area contributed by atoms with Gasteiger partial charge in [0.15, 0.2) is 5.82 Å². The number of nitrogens with zero attached hydrogens (tertiary/aromatic N) is 3. The molecule has 1 unspecified atom stereocenters. The fourth-order valence-electron chi connectivity index (χ4n) is 4.95. The van der Waals surface area contributed by atoms with E-state index in [1.807, 2.05) is 30.3 Å². The second-order valence-corrected chi connectivity index (χ2v) is 11.3. The molecule has 1 aliphatic heterocycles. The molecule has 0 aliphatic carbocycles. The topological polar surface area (TPSA) is 167 Å². The van der Waals surface area contributed by atoms with E-state index in [0.717, 1.165) is 5.56 Å². The average molecular weight is 694 g/mol. The molecular weight excluding hydrogens is 651 g/mol. The second kappa shape index (κ2) is 17.7. The molecule has 3 amide bonds. The molecular formula is C32H42Cl2N6O7. The van der Waals surface area contributed by atoms with Crippen molar-refractivity contribution in [1.82, 2.24) is 19.8 Å². The Morgan fingerprint density at radius 1 is 1.04 bits per heavy atom. The van der Waals surface area contributed by atoms with Gasteiger partial charge in [0.2, 0.25) is 5.91 Å². The van der Waals surface area contributed by atoms with Crippen LogP contribution >= 0.6 is 24.8 Å². The summed E-state index contributed by atoms with van der Waals surface area (Å²) >= 11 is 0. The maximum atomic E-state index is 14.0. The van der Waals surface area contributed by atoms with Crippen LogP contribution in [0.1, 0.15) is 43.9 Å². The van der Waals surface area contributed by atoms with Crippen LogP contribution in [0.4, 0.5) is 5.82 Å². The maximum Gasteiger partial charge on any atom is 0.328 e. The first-order valence-corrected chi connectivity index (χ1v) is 14.6. The van der Waals surface area contributed by atoms with Crippen molar-refractivity contribution in [3.63, 3.8) is 0 Å². The van der Waals surface area contributed by atoms with E-state index in [9.17, 15) is 19.2 Å². The third kappa shape index (κ3) is 10.2. The minimum Gasteiger partial charge on any atom is -0.497 e. The maximum absolute atomic E-state index is 14.0. The number of halogens is 2. The van der Waals surface area contributed by atoms with Crippen molar-refractivity contribution in [2.75, 3.05) is 32.7 Å². The van der Waals surface area contributed by atoms with Crippen molar-refractivity contribution in [3.05, 3.63) is 78.2 Å². The van der Waals surface area contributed by atoms with E-state index in [0.29, 0.717) is 30.7 Å². The summed E-state index contributed by atoms with van der Waals surface area (Å²) in [7, 11) is 2.84. The van der Waals surface area contributed by atoms with Gasteiger partial charge in [0.1, 0.15) is 23.9 Å². The molecule has 2 aromatic carbocycles. The van der Waals surface area contributed by atoms with E-state index >= 15 is 0 Å². The molecule has 1 aliphatic rings. The number of esters is 1. The Hall–Kier alpha value is -4.17. The molecule has 3 atom stereocenters. The SMILES string of the molecule is COC(=O)[C@H]1CCCN1C(=O)C(c1ccc(OC)cc1)n1cnc(NC(=O)[C@@H](COCc2ccccc2)NC(=O)C(C)(C)N)c1.Cl.Cl. The Bertz CT molecular complexity index is 1480. The molecule has 0 saturated carbocycles. The first-order valence-electron chi connectivity index (χ1n) is 14.6. The van der Waals surface area contributed by atoms with E-state index in [1.54, 1.807) is 35.9 Å². The highest BCUT2D eigenvalue weighted by atomic mass is 35.5. The number of carbonyl (C=O) groups is 4. The highest BCUT2D eigenvalue weighted by Gasteiger charge is 2.39. The van der Waals surface area contributed by atoms with Crippen molar-refractivity contribution in [1.29, 1.82) is 0 Å². The smallest absolute Gasteiger partial charge is 0.328 e. The third-order valence-electron chi connectivity index (χ3n) is 7.43.